The first-order valence-electron chi connectivity index (χ1n) is 21.6. The SMILES string of the molecule is C=C/C=C\C=C/N(c1ccccc1)c1ccc(-c2cccc3c2-c2ccccc2C32c3ccccc3-c3ccc(-c4ccc(N(c5ccccc5)c5ccccc5)cc4)cc32)cc1. The topological polar surface area (TPSA) is 6.48 Å². The molecule has 9 aromatic carbocycles. The van der Waals surface area contributed by atoms with Gasteiger partial charge in [0.1, 0.15) is 0 Å². The lowest BCUT2D eigenvalue weighted by atomic mass is 9.70. The molecule has 2 aliphatic rings. The van der Waals surface area contributed by atoms with Gasteiger partial charge >= 0.3 is 0 Å². The van der Waals surface area contributed by atoms with E-state index in [0.29, 0.717) is 0 Å². The Bertz CT molecular complexity index is 3130. The molecular weight excluding hydrogens is 761 g/mol. The van der Waals surface area contributed by atoms with Crippen molar-refractivity contribution in [3.63, 3.8) is 0 Å². The van der Waals surface area contributed by atoms with E-state index in [9.17, 15) is 0 Å². The zero-order valence-electron chi connectivity index (χ0n) is 34.9. The number of para-hydroxylation sites is 3. The van der Waals surface area contributed by atoms with Gasteiger partial charge in [-0.1, -0.05) is 183 Å². The van der Waals surface area contributed by atoms with Crippen LogP contribution in [0, 0.1) is 0 Å². The first-order valence-corrected chi connectivity index (χ1v) is 21.6. The predicted octanol–water partition coefficient (Wildman–Crippen LogP) is 16.2. The Morgan fingerprint density at radius 2 is 0.810 bits per heavy atom. The fourth-order valence-corrected chi connectivity index (χ4v) is 10.0. The van der Waals surface area contributed by atoms with Crippen LogP contribution in [0.4, 0.5) is 28.4 Å². The third-order valence-corrected chi connectivity index (χ3v) is 12.7. The molecule has 1 spiro atoms. The molecule has 0 aliphatic heterocycles. The molecule has 0 amide bonds. The summed E-state index contributed by atoms with van der Waals surface area (Å²) >= 11 is 0. The Kier molecular flexibility index (Phi) is 9.60. The van der Waals surface area contributed by atoms with E-state index in [1.54, 1.807) is 6.08 Å². The van der Waals surface area contributed by atoms with Gasteiger partial charge in [0.25, 0.3) is 0 Å². The number of nitrogens with zero attached hydrogens (tertiary/aromatic N) is 2. The highest BCUT2D eigenvalue weighted by Gasteiger charge is 2.52. The second-order valence-corrected chi connectivity index (χ2v) is 16.1. The molecule has 11 rings (SSSR count). The number of allylic oxidation sites excluding steroid dienone is 4. The Balaban J connectivity index is 1.03. The molecule has 0 saturated heterocycles. The number of fused-ring (bicyclic) bond motifs is 10. The van der Waals surface area contributed by atoms with Gasteiger partial charge in [0.2, 0.25) is 0 Å². The number of rotatable bonds is 10. The predicted molar refractivity (Wildman–Crippen MR) is 265 cm³/mol. The summed E-state index contributed by atoms with van der Waals surface area (Å²) in [6.45, 7) is 3.82. The maximum Gasteiger partial charge on any atom is 0.0725 e. The van der Waals surface area contributed by atoms with Crippen LogP contribution in [0.1, 0.15) is 22.3 Å². The Morgan fingerprint density at radius 1 is 0.333 bits per heavy atom. The number of hydrogen-bond donors (Lipinski definition) is 0. The summed E-state index contributed by atoms with van der Waals surface area (Å²) in [6, 6.07) is 82.0. The van der Waals surface area contributed by atoms with Crippen LogP contribution in [-0.2, 0) is 5.41 Å². The minimum Gasteiger partial charge on any atom is -0.317 e. The third kappa shape index (κ3) is 6.35. The monoisotopic (exact) mass is 804 g/mol. The molecule has 1 atom stereocenters. The zero-order valence-corrected chi connectivity index (χ0v) is 34.9. The minimum absolute atomic E-state index is 0.477. The molecule has 1 unspecified atom stereocenters. The van der Waals surface area contributed by atoms with Gasteiger partial charge in [-0.25, -0.2) is 0 Å². The lowest BCUT2D eigenvalue weighted by molar-refractivity contribution is 0.794. The summed E-state index contributed by atoms with van der Waals surface area (Å²) in [5.41, 5.74) is 20.4. The van der Waals surface area contributed by atoms with Crippen molar-refractivity contribution in [3.05, 3.63) is 284 Å². The first-order chi connectivity index (χ1) is 31.2. The number of anilines is 5. The van der Waals surface area contributed by atoms with Crippen molar-refractivity contribution in [3.8, 4) is 44.5 Å². The Labute approximate surface area is 370 Å². The third-order valence-electron chi connectivity index (χ3n) is 12.7. The van der Waals surface area contributed by atoms with Crippen LogP contribution in [-0.4, -0.2) is 0 Å². The van der Waals surface area contributed by atoms with Gasteiger partial charge in [-0.3, -0.25) is 0 Å². The summed E-state index contributed by atoms with van der Waals surface area (Å²) in [4.78, 5) is 4.53. The summed E-state index contributed by atoms with van der Waals surface area (Å²) in [5.74, 6) is 0. The first kappa shape index (κ1) is 37.8. The Hall–Kier alpha value is -8.20. The molecule has 0 heterocycles. The van der Waals surface area contributed by atoms with Crippen molar-refractivity contribution in [2.45, 2.75) is 5.41 Å². The van der Waals surface area contributed by atoms with Crippen LogP contribution in [0.2, 0.25) is 0 Å². The van der Waals surface area contributed by atoms with Gasteiger partial charge in [0.05, 0.1) is 5.41 Å². The fourth-order valence-electron chi connectivity index (χ4n) is 10.0. The minimum atomic E-state index is -0.477. The van der Waals surface area contributed by atoms with Gasteiger partial charge < -0.3 is 9.80 Å². The maximum absolute atomic E-state index is 3.82. The summed E-state index contributed by atoms with van der Waals surface area (Å²) in [6.07, 6.45) is 9.88. The van der Waals surface area contributed by atoms with Gasteiger partial charge in [0.15, 0.2) is 0 Å². The quantitative estimate of drug-likeness (QED) is 0.127. The molecule has 2 aliphatic carbocycles. The molecular formula is C61H44N2. The molecule has 0 fully saturated rings. The van der Waals surface area contributed by atoms with E-state index in [2.05, 4.69) is 247 Å². The average molecular weight is 805 g/mol. The normalized spacial score (nSPS) is 14.3. The van der Waals surface area contributed by atoms with Crippen LogP contribution >= 0.6 is 0 Å². The smallest absolute Gasteiger partial charge is 0.0725 e. The highest BCUT2D eigenvalue weighted by molar-refractivity contribution is 6.00. The van der Waals surface area contributed by atoms with Crippen LogP contribution in [0.3, 0.4) is 0 Å². The molecule has 0 saturated carbocycles. The van der Waals surface area contributed by atoms with Crippen molar-refractivity contribution in [1.82, 2.24) is 0 Å². The van der Waals surface area contributed by atoms with E-state index < -0.39 is 5.41 Å². The van der Waals surface area contributed by atoms with Gasteiger partial charge in [-0.2, -0.15) is 0 Å². The second-order valence-electron chi connectivity index (χ2n) is 16.1. The fraction of sp³-hybridized carbons (Fsp3) is 0.0164. The number of hydrogen-bond acceptors (Lipinski definition) is 2. The van der Waals surface area contributed by atoms with E-state index in [0.717, 1.165) is 28.4 Å². The van der Waals surface area contributed by atoms with E-state index in [1.807, 2.05) is 18.2 Å². The zero-order chi connectivity index (χ0) is 42.2. The summed E-state index contributed by atoms with van der Waals surface area (Å²) in [5, 5.41) is 0. The summed E-state index contributed by atoms with van der Waals surface area (Å²) in [7, 11) is 0. The van der Waals surface area contributed by atoms with Crippen LogP contribution < -0.4 is 9.80 Å². The Morgan fingerprint density at radius 3 is 1.48 bits per heavy atom. The van der Waals surface area contributed by atoms with E-state index in [4.69, 9.17) is 0 Å². The lowest BCUT2D eigenvalue weighted by Gasteiger charge is -2.31. The van der Waals surface area contributed by atoms with Crippen molar-refractivity contribution in [2.24, 2.45) is 0 Å². The highest BCUT2D eigenvalue weighted by atomic mass is 15.1. The van der Waals surface area contributed by atoms with Crippen molar-refractivity contribution < 1.29 is 0 Å². The second kappa shape index (κ2) is 16.0. The molecule has 2 heteroatoms. The van der Waals surface area contributed by atoms with Crippen molar-refractivity contribution >= 4 is 28.4 Å². The molecule has 63 heavy (non-hydrogen) atoms. The average Bonchev–Trinajstić information content (AvgIpc) is 3.83. The summed E-state index contributed by atoms with van der Waals surface area (Å²) < 4.78 is 0. The van der Waals surface area contributed by atoms with E-state index in [-0.39, 0.29) is 0 Å². The van der Waals surface area contributed by atoms with Crippen molar-refractivity contribution in [2.75, 3.05) is 9.80 Å². The van der Waals surface area contributed by atoms with E-state index >= 15 is 0 Å². The van der Waals surface area contributed by atoms with Gasteiger partial charge in [-0.05, 0) is 140 Å². The largest absolute Gasteiger partial charge is 0.317 e. The molecule has 9 aromatic rings. The molecule has 2 nitrogen and oxygen atoms in total. The highest BCUT2D eigenvalue weighted by Crippen LogP contribution is 2.64. The van der Waals surface area contributed by atoms with Crippen LogP contribution in [0.5, 0.6) is 0 Å². The standard InChI is InChI=1S/C61H44N2/c1-2-3-4-18-42-62(47-20-8-5-9-21-47)48-37-34-45(35-38-48)52-28-19-31-58-60(52)55-27-15-17-30-57(55)61(58)56-29-16-14-26-53(56)54-41-36-46(43-59(54)61)44-32-39-51(40-33-44)63(49-22-10-6-11-23-49)50-24-12-7-13-25-50/h2-43H,1H2/b4-3-,42-18-. The molecule has 0 N–H and O–H groups in total. The molecule has 0 radical (unpaired) electrons. The van der Waals surface area contributed by atoms with Crippen LogP contribution in [0.15, 0.2) is 262 Å². The van der Waals surface area contributed by atoms with Crippen LogP contribution in [0.25, 0.3) is 44.5 Å². The van der Waals surface area contributed by atoms with E-state index in [1.165, 1.54) is 66.8 Å². The number of benzene rings is 9. The van der Waals surface area contributed by atoms with Gasteiger partial charge in [-0.15, -0.1) is 0 Å². The van der Waals surface area contributed by atoms with Gasteiger partial charge in [0, 0.05) is 34.6 Å². The molecule has 0 bridgehead atoms. The molecule has 298 valence electrons. The molecule has 0 aromatic heterocycles. The van der Waals surface area contributed by atoms with Crippen molar-refractivity contribution in [1.29, 1.82) is 0 Å². The lowest BCUT2D eigenvalue weighted by Crippen LogP contribution is -2.25. The maximum atomic E-state index is 3.82.